The minimum atomic E-state index is -4.42. The van der Waals surface area contributed by atoms with Gasteiger partial charge < -0.3 is 10.2 Å². The van der Waals surface area contributed by atoms with E-state index in [1.807, 2.05) is 4.90 Å². The van der Waals surface area contributed by atoms with Gasteiger partial charge in [-0.25, -0.2) is 4.68 Å². The molecule has 1 N–H and O–H groups in total. The zero-order valence-corrected chi connectivity index (χ0v) is 15.7. The third kappa shape index (κ3) is 3.53. The van der Waals surface area contributed by atoms with E-state index < -0.39 is 11.7 Å². The van der Waals surface area contributed by atoms with Crippen LogP contribution in [0.1, 0.15) is 34.5 Å². The molecule has 4 rings (SSSR count). The molecule has 2 fully saturated rings. The van der Waals surface area contributed by atoms with E-state index in [9.17, 15) is 18.0 Å². The smallest absolute Gasteiger partial charge is 0.339 e. The third-order valence-electron chi connectivity index (χ3n) is 5.96. The average Bonchev–Trinajstić information content (AvgIpc) is 3.22. The Bertz CT molecular complexity index is 863. The van der Waals surface area contributed by atoms with Gasteiger partial charge in [0.1, 0.15) is 0 Å². The van der Waals surface area contributed by atoms with E-state index in [0.717, 1.165) is 38.1 Å². The maximum atomic E-state index is 13.0. The van der Waals surface area contributed by atoms with Gasteiger partial charge in [-0.15, -0.1) is 0 Å². The Morgan fingerprint density at radius 2 is 1.86 bits per heavy atom. The lowest BCUT2D eigenvalue weighted by molar-refractivity contribution is -0.137. The molecular formula is C20H23F3N4O. The molecule has 8 heteroatoms. The number of carbonyl (C=O) groups excluding carboxylic acids is 1. The Kier molecular flexibility index (Phi) is 4.91. The number of halogens is 3. The topological polar surface area (TPSA) is 50.2 Å². The van der Waals surface area contributed by atoms with Gasteiger partial charge in [-0.3, -0.25) is 4.79 Å². The number of fused-ring (bicyclic) bond motifs is 1. The second kappa shape index (κ2) is 7.24. The largest absolute Gasteiger partial charge is 0.416 e. The van der Waals surface area contributed by atoms with E-state index in [1.165, 1.54) is 16.9 Å². The number of nitrogens with zero attached hydrogens (tertiary/aromatic N) is 3. The summed E-state index contributed by atoms with van der Waals surface area (Å²) < 4.78 is 40.4. The molecule has 150 valence electrons. The molecule has 0 aliphatic carbocycles. The van der Waals surface area contributed by atoms with Gasteiger partial charge in [-0.2, -0.15) is 18.3 Å². The van der Waals surface area contributed by atoms with Gasteiger partial charge in [-0.1, -0.05) is 6.07 Å². The summed E-state index contributed by atoms with van der Waals surface area (Å²) in [5, 5.41) is 7.61. The van der Waals surface area contributed by atoms with E-state index in [4.69, 9.17) is 0 Å². The van der Waals surface area contributed by atoms with Crippen LogP contribution in [0.2, 0.25) is 0 Å². The Morgan fingerprint density at radius 1 is 1.18 bits per heavy atom. The van der Waals surface area contributed by atoms with Crippen molar-refractivity contribution in [2.24, 2.45) is 11.8 Å². The normalized spacial score (nSPS) is 22.8. The van der Waals surface area contributed by atoms with Crippen molar-refractivity contribution < 1.29 is 18.0 Å². The van der Waals surface area contributed by atoms with Gasteiger partial charge in [0.2, 0.25) is 0 Å². The van der Waals surface area contributed by atoms with Gasteiger partial charge >= 0.3 is 6.18 Å². The van der Waals surface area contributed by atoms with Crippen molar-refractivity contribution in [1.29, 1.82) is 0 Å². The lowest BCUT2D eigenvalue weighted by Gasteiger charge is -2.20. The molecule has 2 aromatic rings. The number of aromatic nitrogens is 2. The van der Waals surface area contributed by atoms with Crippen LogP contribution in [0.4, 0.5) is 13.2 Å². The van der Waals surface area contributed by atoms with Crippen LogP contribution in [0.15, 0.2) is 30.5 Å². The molecule has 1 amide bonds. The number of benzene rings is 1. The first-order valence-electron chi connectivity index (χ1n) is 9.57. The number of carbonyl (C=O) groups is 1. The molecule has 5 nitrogen and oxygen atoms in total. The van der Waals surface area contributed by atoms with Gasteiger partial charge in [-0.05, 0) is 62.9 Å². The van der Waals surface area contributed by atoms with Crippen LogP contribution >= 0.6 is 0 Å². The Morgan fingerprint density at radius 3 is 2.50 bits per heavy atom. The van der Waals surface area contributed by atoms with E-state index >= 15 is 0 Å². The predicted molar refractivity (Wildman–Crippen MR) is 98.3 cm³/mol. The summed E-state index contributed by atoms with van der Waals surface area (Å²) in [6.45, 7) is 5.15. The van der Waals surface area contributed by atoms with E-state index in [2.05, 4.69) is 10.4 Å². The monoisotopic (exact) mass is 392 g/mol. The van der Waals surface area contributed by atoms with E-state index in [1.54, 1.807) is 13.0 Å². The Balaban J connectivity index is 1.56. The Labute approximate surface area is 161 Å². The molecule has 1 aromatic carbocycles. The molecule has 0 saturated carbocycles. The second-order valence-electron chi connectivity index (χ2n) is 7.65. The van der Waals surface area contributed by atoms with Gasteiger partial charge in [0.05, 0.1) is 28.7 Å². The van der Waals surface area contributed by atoms with Crippen molar-refractivity contribution in [3.8, 4) is 5.69 Å². The predicted octanol–water partition coefficient (Wildman–Crippen LogP) is 3.27. The molecule has 2 atom stereocenters. The number of rotatable bonds is 2. The SMILES string of the molecule is Cc1c(C(=O)N2CC[C@@H]3CNC[C@@H]3CC2)cnn1-c1cccc(C(F)(F)F)c1. The summed E-state index contributed by atoms with van der Waals surface area (Å²) in [4.78, 5) is 14.9. The van der Waals surface area contributed by atoms with E-state index in [-0.39, 0.29) is 5.91 Å². The van der Waals surface area contributed by atoms with Crippen LogP contribution in [-0.2, 0) is 6.18 Å². The van der Waals surface area contributed by atoms with Crippen LogP contribution < -0.4 is 5.32 Å². The minimum Gasteiger partial charge on any atom is -0.339 e. The first-order valence-corrected chi connectivity index (χ1v) is 9.57. The molecule has 2 saturated heterocycles. The van der Waals surface area contributed by atoms with Crippen molar-refractivity contribution in [3.63, 3.8) is 0 Å². The average molecular weight is 392 g/mol. The van der Waals surface area contributed by atoms with Crippen molar-refractivity contribution >= 4 is 5.91 Å². The highest BCUT2D eigenvalue weighted by molar-refractivity contribution is 5.95. The molecule has 0 unspecified atom stereocenters. The molecule has 0 bridgehead atoms. The molecular weight excluding hydrogens is 369 g/mol. The molecule has 0 spiro atoms. The first-order chi connectivity index (χ1) is 13.3. The highest BCUT2D eigenvalue weighted by Gasteiger charge is 2.33. The number of nitrogens with one attached hydrogen (secondary N) is 1. The van der Waals surface area contributed by atoms with Crippen LogP contribution in [0.3, 0.4) is 0 Å². The fourth-order valence-corrected chi connectivity index (χ4v) is 4.29. The van der Waals surface area contributed by atoms with Crippen LogP contribution in [0.5, 0.6) is 0 Å². The number of amides is 1. The quantitative estimate of drug-likeness (QED) is 0.854. The molecule has 2 aliphatic rings. The number of hydrogen-bond acceptors (Lipinski definition) is 3. The van der Waals surface area contributed by atoms with Crippen molar-refractivity contribution in [2.45, 2.75) is 25.9 Å². The standard InChI is InChI=1S/C20H23F3N4O/c1-13-18(19(28)26-7-5-14-10-24-11-15(14)6-8-26)12-25-27(13)17-4-2-3-16(9-17)20(21,22)23/h2-4,9,12,14-15,24H,5-8,10-11H2,1H3/t14-,15+. The van der Waals surface area contributed by atoms with Crippen LogP contribution in [0, 0.1) is 18.8 Å². The summed E-state index contributed by atoms with van der Waals surface area (Å²) in [5.41, 5.74) is 0.557. The van der Waals surface area contributed by atoms with Gasteiger partial charge in [0.15, 0.2) is 0 Å². The highest BCUT2D eigenvalue weighted by atomic mass is 19.4. The maximum absolute atomic E-state index is 13.0. The lowest BCUT2D eigenvalue weighted by atomic mass is 9.92. The number of likely N-dealkylation sites (tertiary alicyclic amines) is 1. The zero-order valence-electron chi connectivity index (χ0n) is 15.7. The molecule has 3 heterocycles. The fourth-order valence-electron chi connectivity index (χ4n) is 4.29. The second-order valence-corrected chi connectivity index (χ2v) is 7.65. The number of hydrogen-bond donors (Lipinski definition) is 1. The highest BCUT2D eigenvalue weighted by Crippen LogP contribution is 2.31. The minimum absolute atomic E-state index is 0.0938. The molecule has 28 heavy (non-hydrogen) atoms. The molecule has 0 radical (unpaired) electrons. The van der Waals surface area contributed by atoms with Gasteiger partial charge in [0.25, 0.3) is 5.91 Å². The molecule has 2 aliphatic heterocycles. The summed E-state index contributed by atoms with van der Waals surface area (Å²) in [7, 11) is 0. The van der Waals surface area contributed by atoms with Crippen molar-refractivity contribution in [1.82, 2.24) is 20.0 Å². The fraction of sp³-hybridized carbons (Fsp3) is 0.500. The summed E-state index contributed by atoms with van der Waals surface area (Å²) in [5.74, 6) is 1.14. The van der Waals surface area contributed by atoms with Gasteiger partial charge in [0, 0.05) is 13.1 Å². The Hall–Kier alpha value is -2.35. The van der Waals surface area contributed by atoms with Crippen molar-refractivity contribution in [3.05, 3.63) is 47.3 Å². The maximum Gasteiger partial charge on any atom is 0.416 e. The van der Waals surface area contributed by atoms with Crippen LogP contribution in [-0.4, -0.2) is 46.8 Å². The zero-order chi connectivity index (χ0) is 19.9. The lowest BCUT2D eigenvalue weighted by Crippen LogP contribution is -2.33. The number of alkyl halides is 3. The summed E-state index contributed by atoms with van der Waals surface area (Å²) in [6, 6.07) is 4.98. The van der Waals surface area contributed by atoms with Crippen molar-refractivity contribution in [2.75, 3.05) is 26.2 Å². The van der Waals surface area contributed by atoms with E-state index in [0.29, 0.717) is 41.9 Å². The third-order valence-corrected chi connectivity index (χ3v) is 5.96. The molecule has 1 aromatic heterocycles. The van der Waals surface area contributed by atoms with Crippen LogP contribution in [0.25, 0.3) is 5.69 Å². The summed E-state index contributed by atoms with van der Waals surface area (Å²) >= 11 is 0. The first kappa shape index (κ1) is 19.0. The summed E-state index contributed by atoms with van der Waals surface area (Å²) in [6.07, 6.45) is -1.01.